The largest absolute Gasteiger partial charge is 0.351 e. The van der Waals surface area contributed by atoms with Gasteiger partial charge in [-0.15, -0.1) is 0 Å². The standard InChI is InChI=1S/C31H27ClF3N5O3.CH4/c32-24-7-2-1-6-23(24)28(29(42)38-21-10-13-31(34,35)14-11-21)39(22-5-3-4-20(33)17-22)30(43)25-8-9-27(41)40(25)26-16-19(18-36)12-15-37-26;/h1-7,12,15-17,21,25,28H,8-11,13-14H2,(H,38,42);1H4/t25-,28-;/m0./s1. The predicted molar refractivity (Wildman–Crippen MR) is 160 cm³/mol. The molecule has 0 bridgehead atoms. The Morgan fingerprint density at radius 1 is 1.09 bits per heavy atom. The van der Waals surface area contributed by atoms with Gasteiger partial charge in [-0.1, -0.05) is 43.3 Å². The van der Waals surface area contributed by atoms with Gasteiger partial charge in [0, 0.05) is 47.8 Å². The van der Waals surface area contributed by atoms with Crippen molar-refractivity contribution >= 4 is 40.8 Å². The van der Waals surface area contributed by atoms with E-state index in [0.29, 0.717) is 0 Å². The molecule has 8 nitrogen and oxygen atoms in total. The molecule has 1 saturated heterocycles. The lowest BCUT2D eigenvalue weighted by Gasteiger charge is -2.37. The number of rotatable bonds is 7. The number of alkyl halides is 2. The summed E-state index contributed by atoms with van der Waals surface area (Å²) >= 11 is 6.56. The van der Waals surface area contributed by atoms with Gasteiger partial charge >= 0.3 is 0 Å². The summed E-state index contributed by atoms with van der Waals surface area (Å²) in [4.78, 5) is 48.2. The van der Waals surface area contributed by atoms with Crippen molar-refractivity contribution in [3.63, 3.8) is 0 Å². The van der Waals surface area contributed by atoms with Crippen molar-refractivity contribution in [2.75, 3.05) is 9.80 Å². The molecule has 12 heteroatoms. The van der Waals surface area contributed by atoms with Crippen LogP contribution in [0.1, 0.15) is 63.1 Å². The molecule has 3 aromatic rings. The fourth-order valence-corrected chi connectivity index (χ4v) is 5.81. The van der Waals surface area contributed by atoms with Crippen LogP contribution in [-0.4, -0.2) is 40.7 Å². The lowest BCUT2D eigenvalue weighted by atomic mass is 9.91. The van der Waals surface area contributed by atoms with Crippen LogP contribution in [0.4, 0.5) is 24.7 Å². The topological polar surface area (TPSA) is 106 Å². The first-order valence-electron chi connectivity index (χ1n) is 13.8. The van der Waals surface area contributed by atoms with Crippen LogP contribution in [-0.2, 0) is 14.4 Å². The molecule has 0 spiro atoms. The Kier molecular flexibility index (Phi) is 9.95. The maximum absolute atomic E-state index is 14.6. The number of benzene rings is 2. The Morgan fingerprint density at radius 2 is 1.82 bits per heavy atom. The number of halogens is 4. The number of aromatic nitrogens is 1. The molecule has 1 aromatic heterocycles. The number of carbonyl (C=O) groups is 3. The van der Waals surface area contributed by atoms with E-state index in [2.05, 4.69) is 10.3 Å². The van der Waals surface area contributed by atoms with E-state index in [-0.39, 0.29) is 60.8 Å². The number of nitrogens with one attached hydrogen (secondary N) is 1. The average Bonchev–Trinajstić information content (AvgIpc) is 3.38. The van der Waals surface area contributed by atoms with Crippen molar-refractivity contribution in [1.29, 1.82) is 5.26 Å². The zero-order valence-corrected chi connectivity index (χ0v) is 23.6. The Labute approximate surface area is 258 Å². The van der Waals surface area contributed by atoms with Crippen molar-refractivity contribution in [1.82, 2.24) is 10.3 Å². The Balaban J connectivity index is 0.00000442. The fourth-order valence-electron chi connectivity index (χ4n) is 5.57. The van der Waals surface area contributed by atoms with Crippen LogP contribution in [0.25, 0.3) is 0 Å². The van der Waals surface area contributed by atoms with Crippen LogP contribution in [0.15, 0.2) is 66.9 Å². The summed E-state index contributed by atoms with van der Waals surface area (Å²) in [5.74, 6) is -5.23. The van der Waals surface area contributed by atoms with Crippen molar-refractivity contribution in [3.8, 4) is 6.07 Å². The van der Waals surface area contributed by atoms with Gasteiger partial charge < -0.3 is 5.32 Å². The SMILES string of the molecule is C.N#Cc1ccnc(N2C(=O)CC[C@H]2C(=O)N(c2cccc(F)c2)[C@H](C(=O)NC2CCC(F)(F)CC2)c2ccccc2Cl)c1. The molecule has 2 atom stereocenters. The van der Waals surface area contributed by atoms with E-state index in [1.165, 1.54) is 47.5 Å². The van der Waals surface area contributed by atoms with Crippen LogP contribution in [0.3, 0.4) is 0 Å². The zero-order chi connectivity index (χ0) is 30.7. The van der Waals surface area contributed by atoms with E-state index in [0.717, 1.165) is 11.0 Å². The van der Waals surface area contributed by atoms with Gasteiger partial charge in [0.1, 0.15) is 23.7 Å². The van der Waals surface area contributed by atoms with E-state index in [1.54, 1.807) is 18.2 Å². The molecule has 1 N–H and O–H groups in total. The molecule has 5 rings (SSSR count). The summed E-state index contributed by atoms with van der Waals surface area (Å²) in [6.45, 7) is 0. The third-order valence-electron chi connectivity index (χ3n) is 7.71. The van der Waals surface area contributed by atoms with E-state index in [9.17, 15) is 32.8 Å². The van der Waals surface area contributed by atoms with Gasteiger partial charge in [-0.25, -0.2) is 18.2 Å². The monoisotopic (exact) mass is 625 g/mol. The third-order valence-corrected chi connectivity index (χ3v) is 8.06. The Hall–Kier alpha value is -4.43. The Bertz CT molecular complexity index is 1590. The molecule has 2 aromatic carbocycles. The van der Waals surface area contributed by atoms with Crippen molar-refractivity contribution < 1.29 is 27.6 Å². The lowest BCUT2D eigenvalue weighted by molar-refractivity contribution is -0.128. The molecule has 0 unspecified atom stereocenters. The first-order valence-corrected chi connectivity index (χ1v) is 14.2. The molecule has 44 heavy (non-hydrogen) atoms. The number of hydrogen-bond acceptors (Lipinski definition) is 5. The van der Waals surface area contributed by atoms with Gasteiger partial charge in [-0.05, 0) is 55.7 Å². The number of anilines is 2. The molecule has 1 saturated carbocycles. The molecule has 3 amide bonds. The normalized spacial score (nSPS) is 18.6. The number of hydrogen-bond donors (Lipinski definition) is 1. The van der Waals surface area contributed by atoms with E-state index < -0.39 is 60.4 Å². The molecule has 2 aliphatic rings. The highest BCUT2D eigenvalue weighted by atomic mass is 35.5. The van der Waals surface area contributed by atoms with Crippen LogP contribution in [0.5, 0.6) is 0 Å². The van der Waals surface area contributed by atoms with Crippen LogP contribution in [0, 0.1) is 17.1 Å². The fraction of sp³-hybridized carbons (Fsp3) is 0.344. The van der Waals surface area contributed by atoms with Crippen LogP contribution >= 0.6 is 11.6 Å². The molecular formula is C32H31ClF3N5O3. The number of nitrogens with zero attached hydrogens (tertiary/aromatic N) is 4. The molecule has 230 valence electrons. The summed E-state index contributed by atoms with van der Waals surface area (Å²) in [7, 11) is 0. The summed E-state index contributed by atoms with van der Waals surface area (Å²) < 4.78 is 42.3. The molecule has 1 aliphatic carbocycles. The van der Waals surface area contributed by atoms with Gasteiger partial charge in [0.05, 0.1) is 11.6 Å². The minimum atomic E-state index is -2.82. The summed E-state index contributed by atoms with van der Waals surface area (Å²) in [6, 6.07) is 13.1. The quantitative estimate of drug-likeness (QED) is 0.330. The number of pyridine rings is 1. The highest BCUT2D eigenvalue weighted by molar-refractivity contribution is 6.31. The van der Waals surface area contributed by atoms with Gasteiger partial charge in [0.15, 0.2) is 0 Å². The second kappa shape index (κ2) is 13.5. The highest BCUT2D eigenvalue weighted by Gasteiger charge is 2.45. The number of nitriles is 1. The van der Waals surface area contributed by atoms with Gasteiger partial charge in [0.25, 0.3) is 5.91 Å². The van der Waals surface area contributed by atoms with Crippen LogP contribution < -0.4 is 15.1 Å². The van der Waals surface area contributed by atoms with E-state index >= 15 is 0 Å². The predicted octanol–water partition coefficient (Wildman–Crippen LogP) is 6.35. The lowest BCUT2D eigenvalue weighted by Crippen LogP contribution is -2.53. The van der Waals surface area contributed by atoms with E-state index in [1.807, 2.05) is 6.07 Å². The minimum Gasteiger partial charge on any atom is -0.351 e. The molecule has 1 aliphatic heterocycles. The highest BCUT2D eigenvalue weighted by Crippen LogP contribution is 2.37. The maximum atomic E-state index is 14.6. The van der Waals surface area contributed by atoms with Gasteiger partial charge in [-0.2, -0.15) is 5.26 Å². The zero-order valence-electron chi connectivity index (χ0n) is 22.9. The van der Waals surface area contributed by atoms with Crippen molar-refractivity contribution in [2.24, 2.45) is 0 Å². The average molecular weight is 626 g/mol. The maximum Gasteiger partial charge on any atom is 0.251 e. The number of amides is 3. The Morgan fingerprint density at radius 3 is 2.50 bits per heavy atom. The summed E-state index contributed by atoms with van der Waals surface area (Å²) in [5, 5.41) is 12.3. The third kappa shape index (κ3) is 6.86. The number of carbonyl (C=O) groups excluding carboxylic acids is 3. The second-order valence-corrected chi connectivity index (χ2v) is 11.0. The summed E-state index contributed by atoms with van der Waals surface area (Å²) in [5.41, 5.74) is 0.475. The molecule has 2 fully saturated rings. The first kappa shape index (κ1) is 32.5. The first-order chi connectivity index (χ1) is 20.6. The second-order valence-electron chi connectivity index (χ2n) is 10.6. The molecule has 0 radical (unpaired) electrons. The molecular weight excluding hydrogens is 595 g/mol. The molecule has 2 heterocycles. The smallest absolute Gasteiger partial charge is 0.251 e. The van der Waals surface area contributed by atoms with Crippen molar-refractivity contribution in [2.45, 2.75) is 70.0 Å². The van der Waals surface area contributed by atoms with E-state index in [4.69, 9.17) is 11.6 Å². The van der Waals surface area contributed by atoms with Gasteiger partial charge in [-0.3, -0.25) is 24.2 Å². The minimum absolute atomic E-state index is 0. The summed E-state index contributed by atoms with van der Waals surface area (Å²) in [6.07, 6.45) is 0.687. The van der Waals surface area contributed by atoms with Crippen molar-refractivity contribution in [3.05, 3.63) is 88.8 Å². The van der Waals surface area contributed by atoms with Crippen LogP contribution in [0.2, 0.25) is 5.02 Å². The van der Waals surface area contributed by atoms with Gasteiger partial charge in [0.2, 0.25) is 17.7 Å².